The van der Waals surface area contributed by atoms with E-state index in [0.717, 1.165) is 31.0 Å². The maximum atomic E-state index is 13.3. The minimum atomic E-state index is -0.788. The standard InChI is InChI=1S/C17H17F2N3O3/c1-10-6-15(25-21-10)17(24)22-5-3-2-4-14(22)16(23)20-13-8-11(18)7-12(19)9-13/h6-9,14H,2-5H2,1H3,(H,20,23). The van der Waals surface area contributed by atoms with Crippen LogP contribution in [-0.2, 0) is 4.79 Å². The minimum Gasteiger partial charge on any atom is -0.351 e. The molecule has 1 atom stereocenters. The summed E-state index contributed by atoms with van der Waals surface area (Å²) in [6.07, 6.45) is 1.99. The Labute approximate surface area is 142 Å². The van der Waals surface area contributed by atoms with E-state index in [1.54, 1.807) is 6.92 Å². The molecule has 0 aliphatic carbocycles. The lowest BCUT2D eigenvalue weighted by atomic mass is 10.0. The zero-order valence-corrected chi connectivity index (χ0v) is 13.6. The number of hydrogen-bond donors (Lipinski definition) is 1. The molecule has 1 saturated heterocycles. The fourth-order valence-corrected chi connectivity index (χ4v) is 2.90. The molecule has 1 aromatic carbocycles. The van der Waals surface area contributed by atoms with Crippen LogP contribution in [0.25, 0.3) is 0 Å². The molecule has 6 nitrogen and oxygen atoms in total. The van der Waals surface area contributed by atoms with Crippen LogP contribution in [0.4, 0.5) is 14.5 Å². The predicted molar refractivity (Wildman–Crippen MR) is 84.9 cm³/mol. The van der Waals surface area contributed by atoms with Gasteiger partial charge in [0.15, 0.2) is 0 Å². The van der Waals surface area contributed by atoms with Crippen molar-refractivity contribution in [2.45, 2.75) is 32.2 Å². The van der Waals surface area contributed by atoms with E-state index in [0.29, 0.717) is 18.7 Å². The quantitative estimate of drug-likeness (QED) is 0.924. The number of nitrogens with one attached hydrogen (secondary N) is 1. The highest BCUT2D eigenvalue weighted by Gasteiger charge is 2.34. The van der Waals surface area contributed by atoms with Crippen molar-refractivity contribution in [2.24, 2.45) is 0 Å². The molecule has 1 N–H and O–H groups in total. The van der Waals surface area contributed by atoms with E-state index in [1.807, 2.05) is 0 Å². The number of aryl methyl sites for hydroxylation is 1. The van der Waals surface area contributed by atoms with Crippen LogP contribution in [0.3, 0.4) is 0 Å². The largest absolute Gasteiger partial charge is 0.351 e. The molecular formula is C17H17F2N3O3. The van der Waals surface area contributed by atoms with Gasteiger partial charge in [-0.05, 0) is 38.3 Å². The summed E-state index contributed by atoms with van der Waals surface area (Å²) in [5, 5.41) is 6.16. The molecule has 1 aromatic heterocycles. The Morgan fingerprint density at radius 3 is 2.56 bits per heavy atom. The topological polar surface area (TPSA) is 75.4 Å². The van der Waals surface area contributed by atoms with Gasteiger partial charge >= 0.3 is 0 Å². The number of halogens is 2. The number of carbonyl (C=O) groups excluding carboxylic acids is 2. The Morgan fingerprint density at radius 2 is 1.92 bits per heavy atom. The summed E-state index contributed by atoms with van der Waals surface area (Å²) < 4.78 is 31.5. The van der Waals surface area contributed by atoms with Crippen LogP contribution < -0.4 is 5.32 Å². The van der Waals surface area contributed by atoms with Crippen molar-refractivity contribution >= 4 is 17.5 Å². The molecule has 8 heteroatoms. The molecule has 1 unspecified atom stereocenters. The third kappa shape index (κ3) is 3.84. The first kappa shape index (κ1) is 17.1. The van der Waals surface area contributed by atoms with Crippen molar-refractivity contribution in [1.82, 2.24) is 10.1 Å². The molecule has 2 amide bonds. The number of piperidine rings is 1. The molecule has 1 aliphatic heterocycles. The third-order valence-electron chi connectivity index (χ3n) is 4.04. The fraction of sp³-hybridized carbons (Fsp3) is 0.353. The lowest BCUT2D eigenvalue weighted by Gasteiger charge is -2.34. The number of benzene rings is 1. The molecule has 2 aromatic rings. The van der Waals surface area contributed by atoms with Gasteiger partial charge in [-0.15, -0.1) is 0 Å². The van der Waals surface area contributed by atoms with Crippen LogP contribution in [0.1, 0.15) is 35.5 Å². The first-order valence-electron chi connectivity index (χ1n) is 7.95. The first-order valence-corrected chi connectivity index (χ1v) is 7.95. The molecule has 2 heterocycles. The maximum absolute atomic E-state index is 13.3. The van der Waals surface area contributed by atoms with Gasteiger partial charge in [-0.1, -0.05) is 5.16 Å². The summed E-state index contributed by atoms with van der Waals surface area (Å²) in [5.74, 6) is -2.43. The van der Waals surface area contributed by atoms with Crippen molar-refractivity contribution in [3.8, 4) is 0 Å². The fourth-order valence-electron chi connectivity index (χ4n) is 2.90. The second-order valence-corrected chi connectivity index (χ2v) is 5.99. The van der Waals surface area contributed by atoms with E-state index in [2.05, 4.69) is 10.5 Å². The molecule has 132 valence electrons. The Hall–Kier alpha value is -2.77. The van der Waals surface area contributed by atoms with Gasteiger partial charge in [-0.25, -0.2) is 8.78 Å². The molecule has 0 radical (unpaired) electrons. The number of amides is 2. The monoisotopic (exact) mass is 349 g/mol. The third-order valence-corrected chi connectivity index (χ3v) is 4.04. The van der Waals surface area contributed by atoms with Crippen LogP contribution in [0, 0.1) is 18.6 Å². The van der Waals surface area contributed by atoms with Crippen LogP contribution >= 0.6 is 0 Å². The Bertz CT molecular complexity index is 786. The number of aromatic nitrogens is 1. The van der Waals surface area contributed by atoms with Gasteiger partial charge in [-0.3, -0.25) is 9.59 Å². The van der Waals surface area contributed by atoms with E-state index in [4.69, 9.17) is 4.52 Å². The van der Waals surface area contributed by atoms with E-state index >= 15 is 0 Å². The predicted octanol–water partition coefficient (Wildman–Crippen LogP) is 2.89. The summed E-state index contributed by atoms with van der Waals surface area (Å²) in [6.45, 7) is 2.09. The Balaban J connectivity index is 1.78. The molecule has 3 rings (SSSR count). The highest BCUT2D eigenvalue weighted by atomic mass is 19.1. The number of hydrogen-bond acceptors (Lipinski definition) is 4. The van der Waals surface area contributed by atoms with Crippen molar-refractivity contribution in [3.05, 3.63) is 47.4 Å². The first-order chi connectivity index (χ1) is 11.9. The number of likely N-dealkylation sites (tertiary alicyclic amines) is 1. The number of carbonyl (C=O) groups is 2. The van der Waals surface area contributed by atoms with Gasteiger partial charge in [0.2, 0.25) is 11.7 Å². The zero-order valence-electron chi connectivity index (χ0n) is 13.6. The molecule has 0 spiro atoms. The number of nitrogens with zero attached hydrogens (tertiary/aromatic N) is 2. The van der Waals surface area contributed by atoms with E-state index in [1.165, 1.54) is 11.0 Å². The molecule has 0 bridgehead atoms. The Kier molecular flexibility index (Phi) is 4.78. The maximum Gasteiger partial charge on any atom is 0.293 e. The van der Waals surface area contributed by atoms with Gasteiger partial charge in [0.1, 0.15) is 17.7 Å². The van der Waals surface area contributed by atoms with Crippen LogP contribution in [0.15, 0.2) is 28.8 Å². The molecule has 25 heavy (non-hydrogen) atoms. The summed E-state index contributed by atoms with van der Waals surface area (Å²) in [4.78, 5) is 26.5. The summed E-state index contributed by atoms with van der Waals surface area (Å²) in [7, 11) is 0. The zero-order chi connectivity index (χ0) is 18.0. The highest BCUT2D eigenvalue weighted by molar-refractivity contribution is 6.00. The molecule has 1 fully saturated rings. The minimum absolute atomic E-state index is 0.0102. The second-order valence-electron chi connectivity index (χ2n) is 5.99. The van der Waals surface area contributed by atoms with E-state index in [9.17, 15) is 18.4 Å². The molecular weight excluding hydrogens is 332 g/mol. The summed E-state index contributed by atoms with van der Waals surface area (Å²) >= 11 is 0. The van der Waals surface area contributed by atoms with Crippen LogP contribution in [0.5, 0.6) is 0 Å². The van der Waals surface area contributed by atoms with Crippen molar-refractivity contribution in [2.75, 3.05) is 11.9 Å². The Morgan fingerprint density at radius 1 is 1.20 bits per heavy atom. The van der Waals surface area contributed by atoms with Gasteiger partial charge < -0.3 is 14.7 Å². The van der Waals surface area contributed by atoms with Gasteiger partial charge in [-0.2, -0.15) is 0 Å². The lowest BCUT2D eigenvalue weighted by Crippen LogP contribution is -2.50. The normalized spacial score (nSPS) is 17.4. The summed E-state index contributed by atoms with van der Waals surface area (Å²) in [5.41, 5.74) is 0.576. The van der Waals surface area contributed by atoms with Gasteiger partial charge in [0.25, 0.3) is 5.91 Å². The summed E-state index contributed by atoms with van der Waals surface area (Å²) in [6, 6.07) is 3.54. The van der Waals surface area contributed by atoms with Crippen molar-refractivity contribution in [3.63, 3.8) is 0 Å². The van der Waals surface area contributed by atoms with Crippen LogP contribution in [0.2, 0.25) is 0 Å². The second kappa shape index (κ2) is 7.00. The van der Waals surface area contributed by atoms with Crippen molar-refractivity contribution < 1.29 is 22.9 Å². The SMILES string of the molecule is Cc1cc(C(=O)N2CCCCC2C(=O)Nc2cc(F)cc(F)c2)on1. The van der Waals surface area contributed by atoms with Gasteiger partial charge in [0, 0.05) is 24.4 Å². The number of anilines is 1. The highest BCUT2D eigenvalue weighted by Crippen LogP contribution is 2.22. The van der Waals surface area contributed by atoms with E-state index < -0.39 is 29.5 Å². The lowest BCUT2D eigenvalue weighted by molar-refractivity contribution is -0.121. The molecule has 0 saturated carbocycles. The van der Waals surface area contributed by atoms with Gasteiger partial charge in [0.05, 0.1) is 5.69 Å². The van der Waals surface area contributed by atoms with Crippen molar-refractivity contribution in [1.29, 1.82) is 0 Å². The van der Waals surface area contributed by atoms with Crippen LogP contribution in [-0.4, -0.2) is 34.5 Å². The number of rotatable bonds is 3. The molecule has 1 aliphatic rings. The average Bonchev–Trinajstić information content (AvgIpc) is 2.99. The average molecular weight is 349 g/mol. The smallest absolute Gasteiger partial charge is 0.293 e. The van der Waals surface area contributed by atoms with E-state index in [-0.39, 0.29) is 11.4 Å².